The van der Waals surface area contributed by atoms with Crippen molar-refractivity contribution < 1.29 is 19.5 Å². The molecule has 1 aliphatic carbocycles. The molecule has 8 heteroatoms. The molecule has 1 amide bonds. The fourth-order valence-corrected chi connectivity index (χ4v) is 4.07. The molecule has 1 aliphatic rings. The number of hydrogen-bond acceptors (Lipinski definition) is 7. The lowest BCUT2D eigenvalue weighted by atomic mass is 9.87. The van der Waals surface area contributed by atoms with Crippen molar-refractivity contribution in [1.29, 1.82) is 0 Å². The summed E-state index contributed by atoms with van der Waals surface area (Å²) in [6.07, 6.45) is 6.74. The van der Waals surface area contributed by atoms with Crippen molar-refractivity contribution in [3.05, 3.63) is 72.1 Å². The van der Waals surface area contributed by atoms with Gasteiger partial charge in [-0.25, -0.2) is 0 Å². The molecular weight excluding hydrogens is 456 g/mol. The number of carbonyl (C=O) groups excluding carboxylic acids is 1. The van der Waals surface area contributed by atoms with Gasteiger partial charge in [-0.05, 0) is 62.8 Å². The number of likely N-dealkylation sites (N-methyl/N-ethyl adjacent to an activating group) is 1. The minimum Gasteiger partial charge on any atom is -0.492 e. The average molecular weight is 495 g/mol. The Balaban J connectivity index is 1.35. The number of allylic oxidation sites excluding steroid dienone is 1. The summed E-state index contributed by atoms with van der Waals surface area (Å²) in [5.74, 6) is 1.86. The molecule has 8 nitrogen and oxygen atoms in total. The van der Waals surface area contributed by atoms with Gasteiger partial charge >= 0.3 is 0 Å². The van der Waals surface area contributed by atoms with Gasteiger partial charge < -0.3 is 20.1 Å². The van der Waals surface area contributed by atoms with Crippen molar-refractivity contribution in [3.63, 3.8) is 0 Å². The highest BCUT2D eigenvalue weighted by Crippen LogP contribution is 2.28. The third-order valence-corrected chi connectivity index (χ3v) is 6.33. The molecule has 0 atom stereocenters. The zero-order chi connectivity index (χ0) is 25.8. The van der Waals surface area contributed by atoms with Gasteiger partial charge in [0, 0.05) is 26.0 Å². The van der Waals surface area contributed by atoms with Gasteiger partial charge in [-0.1, -0.05) is 35.9 Å². The highest BCUT2D eigenvalue weighted by Gasteiger charge is 2.24. The summed E-state index contributed by atoms with van der Waals surface area (Å²) in [6.45, 7) is 3.29. The predicted octanol–water partition coefficient (Wildman–Crippen LogP) is 4.03. The second-order valence-electron chi connectivity index (χ2n) is 9.19. The molecule has 3 N–H and O–H groups in total. The molecular formula is C28H38N4O4. The van der Waals surface area contributed by atoms with E-state index in [0.717, 1.165) is 42.2 Å². The first-order chi connectivity index (χ1) is 17.4. The van der Waals surface area contributed by atoms with E-state index in [1.165, 1.54) is 18.0 Å². The van der Waals surface area contributed by atoms with Gasteiger partial charge in [-0.2, -0.15) is 0 Å². The normalized spacial score (nSPS) is 18.1. The van der Waals surface area contributed by atoms with Crippen molar-refractivity contribution in [1.82, 2.24) is 9.96 Å². The van der Waals surface area contributed by atoms with Crippen LogP contribution in [0.4, 0.5) is 0 Å². The highest BCUT2D eigenvalue weighted by molar-refractivity contribution is 5.83. The molecule has 0 bridgehead atoms. The highest BCUT2D eigenvalue weighted by atomic mass is 16.5. The van der Waals surface area contributed by atoms with Gasteiger partial charge in [-0.15, -0.1) is 0 Å². The number of hydrogen-bond donors (Lipinski definition) is 2. The lowest BCUT2D eigenvalue weighted by Crippen LogP contribution is -2.33. The van der Waals surface area contributed by atoms with Crippen LogP contribution in [-0.2, 0) is 4.79 Å². The maximum absolute atomic E-state index is 12.4. The summed E-state index contributed by atoms with van der Waals surface area (Å²) >= 11 is 0. The van der Waals surface area contributed by atoms with Crippen molar-refractivity contribution in [3.8, 4) is 11.5 Å². The second-order valence-corrected chi connectivity index (χ2v) is 9.19. The number of carbonyl (C=O) groups is 1. The molecule has 1 fully saturated rings. The topological polar surface area (TPSA) is 101 Å². The third kappa shape index (κ3) is 8.92. The van der Waals surface area contributed by atoms with Gasteiger partial charge in [0.2, 0.25) is 5.91 Å². The van der Waals surface area contributed by atoms with Crippen LogP contribution in [0.3, 0.4) is 0 Å². The number of rotatable bonds is 12. The van der Waals surface area contributed by atoms with Crippen molar-refractivity contribution in [2.24, 2.45) is 16.6 Å². The molecule has 36 heavy (non-hydrogen) atoms. The summed E-state index contributed by atoms with van der Waals surface area (Å²) in [4.78, 5) is 18.1. The van der Waals surface area contributed by atoms with Crippen molar-refractivity contribution in [2.75, 3.05) is 33.3 Å². The first-order valence-corrected chi connectivity index (χ1v) is 12.5. The fourth-order valence-electron chi connectivity index (χ4n) is 4.07. The first-order valence-electron chi connectivity index (χ1n) is 12.5. The number of hydroxylamine groups is 2. The van der Waals surface area contributed by atoms with Gasteiger partial charge in [0.25, 0.3) is 0 Å². The van der Waals surface area contributed by atoms with Crippen LogP contribution in [0.5, 0.6) is 11.5 Å². The minimum absolute atomic E-state index is 0.0336. The molecule has 1 saturated carbocycles. The Bertz CT molecular complexity index is 986. The minimum atomic E-state index is -0.142. The van der Waals surface area contributed by atoms with Crippen LogP contribution in [0.25, 0.3) is 0 Å². The zero-order valence-corrected chi connectivity index (χ0v) is 21.3. The maximum Gasteiger partial charge on any atom is 0.244 e. The molecule has 0 aromatic heterocycles. The second kappa shape index (κ2) is 14.1. The number of aliphatic imine (C=N–C) groups is 1. The van der Waals surface area contributed by atoms with Crippen LogP contribution in [0.15, 0.2) is 71.5 Å². The molecule has 0 radical (unpaired) electrons. The molecule has 2 aromatic rings. The molecule has 2 aromatic carbocycles. The number of aryl methyl sites for hydroxylation is 1. The number of nitrogens with two attached hydrogens (primary N) is 1. The molecule has 0 saturated heterocycles. The summed E-state index contributed by atoms with van der Waals surface area (Å²) < 4.78 is 11.7. The molecule has 0 heterocycles. The molecule has 0 spiro atoms. The van der Waals surface area contributed by atoms with Crippen LogP contribution in [0, 0.1) is 12.8 Å². The summed E-state index contributed by atoms with van der Waals surface area (Å²) in [5.41, 5.74) is 7.25. The van der Waals surface area contributed by atoms with Crippen LogP contribution in [-0.4, -0.2) is 66.7 Å². The van der Waals surface area contributed by atoms with E-state index in [4.69, 9.17) is 15.2 Å². The van der Waals surface area contributed by atoms with E-state index in [1.54, 1.807) is 11.9 Å². The first kappa shape index (κ1) is 27.1. The van der Waals surface area contributed by atoms with E-state index in [9.17, 15) is 10.0 Å². The van der Waals surface area contributed by atoms with E-state index in [1.807, 2.05) is 61.5 Å². The number of ether oxygens (including phenoxy) is 2. The molecule has 194 valence electrons. The Morgan fingerprint density at radius 1 is 1.08 bits per heavy atom. The van der Waals surface area contributed by atoms with E-state index < -0.39 is 0 Å². The average Bonchev–Trinajstić information content (AvgIpc) is 2.89. The summed E-state index contributed by atoms with van der Waals surface area (Å²) in [7, 11) is 1.71. The smallest absolute Gasteiger partial charge is 0.244 e. The number of nitrogens with zero attached hydrogens (tertiary/aromatic N) is 3. The predicted molar refractivity (Wildman–Crippen MR) is 141 cm³/mol. The van der Waals surface area contributed by atoms with E-state index in [0.29, 0.717) is 31.3 Å². The van der Waals surface area contributed by atoms with Crippen molar-refractivity contribution >= 4 is 12.1 Å². The Kier molecular flexibility index (Phi) is 10.6. The van der Waals surface area contributed by atoms with Gasteiger partial charge in [0.15, 0.2) is 0 Å². The Morgan fingerprint density at radius 3 is 2.44 bits per heavy atom. The zero-order valence-electron chi connectivity index (χ0n) is 21.3. The summed E-state index contributed by atoms with van der Waals surface area (Å²) in [5, 5.41) is 11.7. The van der Waals surface area contributed by atoms with Gasteiger partial charge in [0.1, 0.15) is 24.7 Å². The van der Waals surface area contributed by atoms with Crippen LogP contribution in [0.1, 0.15) is 31.2 Å². The largest absolute Gasteiger partial charge is 0.492 e. The summed E-state index contributed by atoms with van der Waals surface area (Å²) in [6, 6.07) is 17.7. The van der Waals surface area contributed by atoms with Gasteiger partial charge in [-0.3, -0.25) is 20.1 Å². The molecule has 0 unspecified atom stereocenters. The molecule has 3 rings (SSSR count). The number of amides is 1. The van der Waals surface area contributed by atoms with Crippen LogP contribution >= 0.6 is 0 Å². The SMILES string of the molecule is Cc1ccc(OCCN(C)C(=O)CN=C/C(=C\N)N(O)CC2CCC(Oc3ccccc3)CC2)cc1. The van der Waals surface area contributed by atoms with Gasteiger partial charge in [0.05, 0.1) is 18.3 Å². The van der Waals surface area contributed by atoms with E-state index >= 15 is 0 Å². The number of para-hydroxylation sites is 1. The quantitative estimate of drug-likeness (QED) is 0.341. The third-order valence-electron chi connectivity index (χ3n) is 6.33. The van der Waals surface area contributed by atoms with Crippen molar-refractivity contribution in [2.45, 2.75) is 38.7 Å². The lowest BCUT2D eigenvalue weighted by molar-refractivity contribution is -0.128. The Labute approximate surface area is 214 Å². The fraction of sp³-hybridized carbons (Fsp3) is 0.429. The standard InChI is InChI=1S/C28H38N4O4/c1-22-8-12-25(13-9-22)35-17-16-31(2)28(33)20-30-19-24(18-29)32(34)21-23-10-14-27(15-11-23)36-26-6-4-3-5-7-26/h3-9,12-13,18-19,23,27,34H,10-11,14-17,20-21,29H2,1-2H3/b24-18+,30-19?. The van der Waals surface area contributed by atoms with E-state index in [2.05, 4.69) is 4.99 Å². The number of benzene rings is 2. The monoisotopic (exact) mass is 494 g/mol. The lowest BCUT2D eigenvalue weighted by Gasteiger charge is -2.31. The van der Waals surface area contributed by atoms with Crippen LogP contribution in [0.2, 0.25) is 0 Å². The Morgan fingerprint density at radius 2 is 1.78 bits per heavy atom. The maximum atomic E-state index is 12.4. The Hall–Kier alpha value is -3.52. The van der Waals surface area contributed by atoms with Crippen LogP contribution < -0.4 is 15.2 Å². The molecule has 0 aliphatic heterocycles. The van der Waals surface area contributed by atoms with E-state index in [-0.39, 0.29) is 18.6 Å².